The lowest BCUT2D eigenvalue weighted by Crippen LogP contribution is -1.99. The molecule has 0 N–H and O–H groups in total. The van der Waals surface area contributed by atoms with Crippen LogP contribution in [-0.4, -0.2) is 22.1 Å². The lowest BCUT2D eigenvalue weighted by molar-refractivity contribution is 0.414. The third-order valence-electron chi connectivity index (χ3n) is 3.14. The topological polar surface area (TPSA) is 63.7 Å². The Labute approximate surface area is 122 Å². The van der Waals surface area contributed by atoms with Crippen LogP contribution in [-0.2, 0) is 0 Å². The second kappa shape index (κ2) is 5.47. The first-order chi connectivity index (χ1) is 10.3. The molecule has 5 heteroatoms. The Hall–Kier alpha value is -3.13. The van der Waals surface area contributed by atoms with Crippen molar-refractivity contribution in [3.8, 4) is 28.8 Å². The number of hydrogen-bond donors (Lipinski definition) is 0. The summed E-state index contributed by atoms with van der Waals surface area (Å²) in [6, 6.07) is 19.2. The number of nitrogens with zero attached hydrogens (tertiary/aromatic N) is 4. The van der Waals surface area contributed by atoms with E-state index < -0.39 is 0 Å². The van der Waals surface area contributed by atoms with E-state index in [-0.39, 0.29) is 0 Å². The summed E-state index contributed by atoms with van der Waals surface area (Å²) in [5.41, 5.74) is 2.71. The summed E-state index contributed by atoms with van der Waals surface area (Å²) in [6.07, 6.45) is 0. The Morgan fingerprint density at radius 3 is 2.38 bits per heavy atom. The Balaban J connectivity index is 2.15. The van der Waals surface area contributed by atoms with Gasteiger partial charge in [0.05, 0.1) is 12.8 Å². The zero-order chi connectivity index (χ0) is 14.7. The molecule has 21 heavy (non-hydrogen) atoms. The van der Waals surface area contributed by atoms with Gasteiger partial charge in [0.15, 0.2) is 5.69 Å². The van der Waals surface area contributed by atoms with Crippen LogP contribution in [0.3, 0.4) is 0 Å². The highest BCUT2D eigenvalue weighted by molar-refractivity contribution is 5.66. The van der Waals surface area contributed by atoms with E-state index in [1.54, 1.807) is 11.8 Å². The standard InChI is InChI=1S/C16H12N4O/c1-21-14-9-7-13(8-10-14)20-16(15(11-17)18-19-20)12-5-3-2-4-6-12/h2-10H,1H3. The average Bonchev–Trinajstić information content (AvgIpc) is 2.99. The lowest BCUT2D eigenvalue weighted by atomic mass is 10.1. The van der Waals surface area contributed by atoms with Crippen LogP contribution in [0.5, 0.6) is 5.75 Å². The van der Waals surface area contributed by atoms with Crippen LogP contribution in [0.4, 0.5) is 0 Å². The van der Waals surface area contributed by atoms with E-state index in [1.165, 1.54) is 0 Å². The first-order valence-corrected chi connectivity index (χ1v) is 6.39. The molecule has 1 heterocycles. The van der Waals surface area contributed by atoms with E-state index >= 15 is 0 Å². The average molecular weight is 276 g/mol. The third kappa shape index (κ3) is 2.35. The van der Waals surface area contributed by atoms with Crippen molar-refractivity contribution in [2.24, 2.45) is 0 Å². The highest BCUT2D eigenvalue weighted by Gasteiger charge is 2.15. The van der Waals surface area contributed by atoms with Gasteiger partial charge in [-0.3, -0.25) is 0 Å². The molecular weight excluding hydrogens is 264 g/mol. The quantitative estimate of drug-likeness (QED) is 0.738. The molecular formula is C16H12N4O. The predicted octanol–water partition coefficient (Wildman–Crippen LogP) is 2.81. The van der Waals surface area contributed by atoms with Crippen molar-refractivity contribution in [2.45, 2.75) is 0 Å². The summed E-state index contributed by atoms with van der Waals surface area (Å²) in [7, 11) is 1.62. The van der Waals surface area contributed by atoms with E-state index in [0.717, 1.165) is 17.0 Å². The van der Waals surface area contributed by atoms with Gasteiger partial charge in [0.1, 0.15) is 17.5 Å². The summed E-state index contributed by atoms with van der Waals surface area (Å²) in [6.45, 7) is 0. The molecule has 1 aromatic heterocycles. The molecule has 102 valence electrons. The summed E-state index contributed by atoms with van der Waals surface area (Å²) in [4.78, 5) is 0. The second-order valence-corrected chi connectivity index (χ2v) is 4.37. The molecule has 5 nitrogen and oxygen atoms in total. The van der Waals surface area contributed by atoms with Crippen molar-refractivity contribution in [3.63, 3.8) is 0 Å². The second-order valence-electron chi connectivity index (χ2n) is 4.37. The summed E-state index contributed by atoms with van der Waals surface area (Å²) in [5.74, 6) is 0.764. The summed E-state index contributed by atoms with van der Waals surface area (Å²) in [5, 5.41) is 17.3. The van der Waals surface area contributed by atoms with Crippen molar-refractivity contribution < 1.29 is 4.74 Å². The van der Waals surface area contributed by atoms with Crippen LogP contribution in [0.2, 0.25) is 0 Å². The van der Waals surface area contributed by atoms with Crippen molar-refractivity contribution in [1.82, 2.24) is 15.0 Å². The Morgan fingerprint density at radius 1 is 1.05 bits per heavy atom. The number of benzene rings is 2. The Kier molecular flexibility index (Phi) is 3.36. The number of nitriles is 1. The SMILES string of the molecule is COc1ccc(-n2nnc(C#N)c2-c2ccccc2)cc1. The van der Waals surface area contributed by atoms with Gasteiger partial charge < -0.3 is 4.74 Å². The first kappa shape index (κ1) is 12.9. The van der Waals surface area contributed by atoms with Crippen LogP contribution >= 0.6 is 0 Å². The van der Waals surface area contributed by atoms with Crippen molar-refractivity contribution in [2.75, 3.05) is 7.11 Å². The molecule has 3 aromatic rings. The zero-order valence-corrected chi connectivity index (χ0v) is 11.4. The molecule has 0 aliphatic rings. The maximum absolute atomic E-state index is 9.24. The minimum Gasteiger partial charge on any atom is -0.497 e. The summed E-state index contributed by atoms with van der Waals surface area (Å²) >= 11 is 0. The molecule has 0 saturated carbocycles. The maximum Gasteiger partial charge on any atom is 0.191 e. The first-order valence-electron chi connectivity index (χ1n) is 6.39. The van der Waals surface area contributed by atoms with Gasteiger partial charge in [-0.2, -0.15) is 5.26 Å². The summed E-state index contributed by atoms with van der Waals surface area (Å²) < 4.78 is 6.81. The molecule has 0 saturated heterocycles. The van der Waals surface area contributed by atoms with Crippen LogP contribution in [0.1, 0.15) is 5.69 Å². The lowest BCUT2D eigenvalue weighted by Gasteiger charge is -2.07. The molecule has 2 aromatic carbocycles. The molecule has 0 fully saturated rings. The largest absolute Gasteiger partial charge is 0.497 e. The molecule has 3 rings (SSSR count). The maximum atomic E-state index is 9.24. The minimum atomic E-state index is 0.303. The molecule has 0 radical (unpaired) electrons. The molecule has 0 bridgehead atoms. The van der Waals surface area contributed by atoms with E-state index in [9.17, 15) is 5.26 Å². The monoisotopic (exact) mass is 276 g/mol. The van der Waals surface area contributed by atoms with Crippen molar-refractivity contribution in [1.29, 1.82) is 5.26 Å². The van der Waals surface area contributed by atoms with E-state index in [2.05, 4.69) is 16.4 Å². The number of methoxy groups -OCH3 is 1. The molecule has 0 amide bonds. The Bertz CT molecular complexity index is 785. The van der Waals surface area contributed by atoms with E-state index in [1.807, 2.05) is 54.6 Å². The van der Waals surface area contributed by atoms with E-state index in [0.29, 0.717) is 11.4 Å². The smallest absolute Gasteiger partial charge is 0.191 e. The predicted molar refractivity (Wildman–Crippen MR) is 78.1 cm³/mol. The molecule has 0 atom stereocenters. The van der Waals surface area contributed by atoms with Gasteiger partial charge in [-0.15, -0.1) is 5.10 Å². The zero-order valence-electron chi connectivity index (χ0n) is 11.4. The number of aromatic nitrogens is 3. The van der Waals surface area contributed by atoms with Gasteiger partial charge in [-0.1, -0.05) is 35.5 Å². The molecule has 0 unspecified atom stereocenters. The van der Waals surface area contributed by atoms with Gasteiger partial charge in [-0.25, -0.2) is 4.68 Å². The normalized spacial score (nSPS) is 10.1. The van der Waals surface area contributed by atoms with Gasteiger partial charge in [0.2, 0.25) is 0 Å². The molecule has 0 spiro atoms. The fraction of sp³-hybridized carbons (Fsp3) is 0.0625. The highest BCUT2D eigenvalue weighted by Crippen LogP contribution is 2.25. The Morgan fingerprint density at radius 2 is 1.76 bits per heavy atom. The third-order valence-corrected chi connectivity index (χ3v) is 3.14. The van der Waals surface area contributed by atoms with Gasteiger partial charge in [-0.05, 0) is 24.3 Å². The highest BCUT2D eigenvalue weighted by atomic mass is 16.5. The van der Waals surface area contributed by atoms with Crippen molar-refractivity contribution in [3.05, 3.63) is 60.3 Å². The fourth-order valence-electron chi connectivity index (χ4n) is 2.12. The minimum absolute atomic E-state index is 0.303. The van der Waals surface area contributed by atoms with Gasteiger partial charge in [0, 0.05) is 5.56 Å². The van der Waals surface area contributed by atoms with Gasteiger partial charge in [0.25, 0.3) is 0 Å². The molecule has 0 aliphatic carbocycles. The van der Waals surface area contributed by atoms with E-state index in [4.69, 9.17) is 4.74 Å². The number of ether oxygens (including phenoxy) is 1. The van der Waals surface area contributed by atoms with Crippen LogP contribution in [0.15, 0.2) is 54.6 Å². The van der Waals surface area contributed by atoms with Crippen LogP contribution < -0.4 is 4.74 Å². The van der Waals surface area contributed by atoms with Crippen LogP contribution in [0, 0.1) is 11.3 Å². The van der Waals surface area contributed by atoms with Crippen molar-refractivity contribution >= 4 is 0 Å². The van der Waals surface area contributed by atoms with Crippen LogP contribution in [0.25, 0.3) is 16.9 Å². The molecule has 0 aliphatic heterocycles. The number of rotatable bonds is 3. The fourth-order valence-corrected chi connectivity index (χ4v) is 2.12. The number of hydrogen-bond acceptors (Lipinski definition) is 4. The van der Waals surface area contributed by atoms with Gasteiger partial charge >= 0.3 is 0 Å².